The molecule has 6 heteroatoms. The van der Waals surface area contributed by atoms with Crippen LogP contribution in [-0.2, 0) is 19.2 Å². The highest BCUT2D eigenvalue weighted by molar-refractivity contribution is 5.83. The fourth-order valence-electron chi connectivity index (χ4n) is 0.427. The van der Waals surface area contributed by atoms with Gasteiger partial charge < -0.3 is 10.2 Å². The van der Waals surface area contributed by atoms with Crippen molar-refractivity contribution < 1.29 is 19.2 Å². The van der Waals surface area contributed by atoms with Crippen LogP contribution in [0.15, 0.2) is 0 Å². The summed E-state index contributed by atoms with van der Waals surface area (Å²) >= 11 is 0. The maximum absolute atomic E-state index is 10.8. The minimum atomic E-state index is -0.572. The van der Waals surface area contributed by atoms with Crippen molar-refractivity contribution in [3.05, 3.63) is 0 Å². The molecule has 0 aliphatic carbocycles. The van der Waals surface area contributed by atoms with Gasteiger partial charge in [0.05, 0.1) is 6.54 Å². The standard InChI is InChI=1S/C7H12N2O4/c1-3-7(12)13-9-6(11)4-8-5(2)10/h3-4H2,1-2H3,(H,8,10)(H,9,11). The summed E-state index contributed by atoms with van der Waals surface area (Å²) in [5.41, 5.74) is 1.89. The van der Waals surface area contributed by atoms with E-state index < -0.39 is 11.9 Å². The number of hydrogen-bond donors (Lipinski definition) is 2. The molecule has 0 aliphatic rings. The predicted octanol–water partition coefficient (Wildman–Crippen LogP) is -0.893. The Morgan fingerprint density at radius 1 is 1.31 bits per heavy atom. The van der Waals surface area contributed by atoms with Gasteiger partial charge in [-0.25, -0.2) is 4.79 Å². The van der Waals surface area contributed by atoms with E-state index in [0.717, 1.165) is 0 Å². The third-order valence-electron chi connectivity index (χ3n) is 1.07. The van der Waals surface area contributed by atoms with Crippen molar-refractivity contribution in [3.8, 4) is 0 Å². The summed E-state index contributed by atoms with van der Waals surface area (Å²) in [4.78, 5) is 35.9. The van der Waals surface area contributed by atoms with Crippen LogP contribution in [0.2, 0.25) is 0 Å². The number of rotatable bonds is 3. The third kappa shape index (κ3) is 6.79. The second-order valence-electron chi connectivity index (χ2n) is 2.26. The Labute approximate surface area is 75.6 Å². The van der Waals surface area contributed by atoms with Crippen LogP contribution in [0.5, 0.6) is 0 Å². The molecule has 0 fully saturated rings. The molecule has 2 N–H and O–H groups in total. The van der Waals surface area contributed by atoms with Gasteiger partial charge in [0.2, 0.25) is 5.91 Å². The Bertz CT molecular complexity index is 215. The van der Waals surface area contributed by atoms with Crippen LogP contribution in [-0.4, -0.2) is 24.3 Å². The van der Waals surface area contributed by atoms with Crippen molar-refractivity contribution in [2.45, 2.75) is 20.3 Å². The zero-order valence-electron chi connectivity index (χ0n) is 7.55. The lowest BCUT2D eigenvalue weighted by Crippen LogP contribution is -2.36. The Hall–Kier alpha value is -1.59. The van der Waals surface area contributed by atoms with E-state index >= 15 is 0 Å². The van der Waals surface area contributed by atoms with E-state index in [2.05, 4.69) is 10.2 Å². The van der Waals surface area contributed by atoms with Gasteiger partial charge in [-0.2, -0.15) is 5.48 Å². The fraction of sp³-hybridized carbons (Fsp3) is 0.571. The molecule has 0 atom stereocenters. The van der Waals surface area contributed by atoms with Crippen molar-refractivity contribution in [2.75, 3.05) is 6.54 Å². The van der Waals surface area contributed by atoms with E-state index in [1.54, 1.807) is 6.92 Å². The predicted molar refractivity (Wildman–Crippen MR) is 43.2 cm³/mol. The second kappa shape index (κ2) is 5.99. The minimum Gasteiger partial charge on any atom is -0.347 e. The molecule has 0 radical (unpaired) electrons. The largest absolute Gasteiger partial charge is 0.347 e. The molecule has 0 aliphatic heterocycles. The first-order valence-corrected chi connectivity index (χ1v) is 3.79. The molecule has 13 heavy (non-hydrogen) atoms. The first-order valence-electron chi connectivity index (χ1n) is 3.79. The number of hydroxylamine groups is 1. The van der Waals surface area contributed by atoms with Crippen LogP contribution in [0, 0.1) is 0 Å². The van der Waals surface area contributed by atoms with E-state index in [4.69, 9.17) is 0 Å². The van der Waals surface area contributed by atoms with E-state index in [1.165, 1.54) is 6.92 Å². The number of hydrogen-bond acceptors (Lipinski definition) is 4. The van der Waals surface area contributed by atoms with E-state index in [0.29, 0.717) is 0 Å². The molecule has 0 spiro atoms. The summed E-state index contributed by atoms with van der Waals surface area (Å²) in [6.45, 7) is 2.68. The van der Waals surface area contributed by atoms with Crippen molar-refractivity contribution in [3.63, 3.8) is 0 Å². The summed E-state index contributed by atoms with van der Waals surface area (Å²) in [5, 5.41) is 2.24. The first kappa shape index (κ1) is 11.4. The maximum atomic E-state index is 10.8. The Kier molecular flexibility index (Phi) is 5.25. The molecule has 0 saturated carbocycles. The van der Waals surface area contributed by atoms with Gasteiger partial charge in [-0.05, 0) is 0 Å². The highest BCUT2D eigenvalue weighted by Crippen LogP contribution is 1.79. The third-order valence-corrected chi connectivity index (χ3v) is 1.07. The van der Waals surface area contributed by atoms with E-state index in [-0.39, 0.29) is 18.9 Å². The monoisotopic (exact) mass is 188 g/mol. The molecule has 0 rings (SSSR count). The van der Waals surface area contributed by atoms with Gasteiger partial charge in [-0.1, -0.05) is 6.92 Å². The van der Waals surface area contributed by atoms with Crippen LogP contribution < -0.4 is 10.8 Å². The summed E-state index contributed by atoms with van der Waals surface area (Å²) < 4.78 is 0. The summed E-state index contributed by atoms with van der Waals surface area (Å²) in [5.74, 6) is -1.43. The number of carbonyl (C=O) groups excluding carboxylic acids is 3. The zero-order chi connectivity index (χ0) is 10.3. The highest BCUT2D eigenvalue weighted by atomic mass is 16.7. The van der Waals surface area contributed by atoms with Crippen molar-refractivity contribution in [2.24, 2.45) is 0 Å². The van der Waals surface area contributed by atoms with Crippen LogP contribution in [0.4, 0.5) is 0 Å². The Morgan fingerprint density at radius 2 is 1.92 bits per heavy atom. The first-order chi connectivity index (χ1) is 6.06. The van der Waals surface area contributed by atoms with Crippen LogP contribution in [0.25, 0.3) is 0 Å². The van der Waals surface area contributed by atoms with Gasteiger partial charge >= 0.3 is 5.97 Å². The summed E-state index contributed by atoms with van der Waals surface area (Å²) in [7, 11) is 0. The smallest absolute Gasteiger partial charge is 0.331 e. The average Bonchev–Trinajstić information content (AvgIpc) is 2.10. The van der Waals surface area contributed by atoms with Crippen molar-refractivity contribution in [1.82, 2.24) is 10.8 Å². The molecule has 0 aromatic heterocycles. The molecule has 0 saturated heterocycles. The molecule has 2 amide bonds. The molecular weight excluding hydrogens is 176 g/mol. The van der Waals surface area contributed by atoms with Gasteiger partial charge in [0.25, 0.3) is 5.91 Å². The lowest BCUT2D eigenvalue weighted by Gasteiger charge is -2.04. The molecular formula is C7H12N2O4. The van der Waals surface area contributed by atoms with E-state index in [9.17, 15) is 14.4 Å². The van der Waals surface area contributed by atoms with E-state index in [1.807, 2.05) is 5.48 Å². The number of amides is 2. The van der Waals surface area contributed by atoms with Crippen LogP contribution in [0.3, 0.4) is 0 Å². The van der Waals surface area contributed by atoms with Crippen LogP contribution >= 0.6 is 0 Å². The van der Waals surface area contributed by atoms with Gasteiger partial charge in [-0.15, -0.1) is 0 Å². The van der Waals surface area contributed by atoms with Gasteiger partial charge in [0, 0.05) is 13.3 Å². The normalized spacial score (nSPS) is 8.77. The Morgan fingerprint density at radius 3 is 2.38 bits per heavy atom. The quantitative estimate of drug-likeness (QED) is 0.562. The number of carbonyl (C=O) groups is 3. The van der Waals surface area contributed by atoms with Crippen molar-refractivity contribution in [1.29, 1.82) is 0 Å². The zero-order valence-corrected chi connectivity index (χ0v) is 7.55. The topological polar surface area (TPSA) is 84.5 Å². The van der Waals surface area contributed by atoms with Crippen LogP contribution in [0.1, 0.15) is 20.3 Å². The second-order valence-corrected chi connectivity index (χ2v) is 2.26. The molecule has 6 nitrogen and oxygen atoms in total. The lowest BCUT2D eigenvalue weighted by atomic mass is 10.5. The Balaban J connectivity index is 3.52. The lowest BCUT2D eigenvalue weighted by molar-refractivity contribution is -0.157. The molecule has 0 aromatic rings. The SMILES string of the molecule is CCC(=O)ONC(=O)CNC(C)=O. The number of nitrogens with one attached hydrogen (secondary N) is 2. The molecule has 0 aromatic carbocycles. The highest BCUT2D eigenvalue weighted by Gasteiger charge is 2.04. The minimum absolute atomic E-state index is 0.181. The van der Waals surface area contributed by atoms with Gasteiger partial charge in [0.15, 0.2) is 0 Å². The van der Waals surface area contributed by atoms with Gasteiger partial charge in [0.1, 0.15) is 0 Å². The summed E-state index contributed by atoms with van der Waals surface area (Å²) in [6.07, 6.45) is 0.181. The molecule has 0 unspecified atom stereocenters. The maximum Gasteiger partial charge on any atom is 0.331 e. The fourth-order valence-corrected chi connectivity index (χ4v) is 0.427. The van der Waals surface area contributed by atoms with Crippen molar-refractivity contribution >= 4 is 17.8 Å². The molecule has 74 valence electrons. The van der Waals surface area contributed by atoms with Gasteiger partial charge in [-0.3, -0.25) is 9.59 Å². The molecule has 0 heterocycles. The average molecular weight is 188 g/mol. The molecule has 0 bridgehead atoms. The summed E-state index contributed by atoms with van der Waals surface area (Å²) in [6, 6.07) is 0.